The van der Waals surface area contributed by atoms with Crippen LogP contribution in [0.15, 0.2) is 0 Å². The summed E-state index contributed by atoms with van der Waals surface area (Å²) in [7, 11) is 1.73. The van der Waals surface area contributed by atoms with E-state index in [4.69, 9.17) is 10.5 Å². The summed E-state index contributed by atoms with van der Waals surface area (Å²) in [5.41, 5.74) is 4.93. The predicted molar refractivity (Wildman–Crippen MR) is 65.4 cm³/mol. The van der Waals surface area contributed by atoms with E-state index in [-0.39, 0.29) is 6.09 Å². The summed E-state index contributed by atoms with van der Waals surface area (Å²) in [5.74, 6) is 0. The fraction of sp³-hybridized carbons (Fsp3) is 0.909. The van der Waals surface area contributed by atoms with Crippen LogP contribution in [0.3, 0.4) is 0 Å². The second-order valence-corrected chi connectivity index (χ2v) is 4.79. The monoisotopic (exact) mass is 231 g/mol. The van der Waals surface area contributed by atoms with Gasteiger partial charge in [0.15, 0.2) is 0 Å². The highest BCUT2D eigenvalue weighted by Crippen LogP contribution is 2.08. The number of nitrogens with two attached hydrogens (primary N) is 1. The molecule has 0 rings (SSSR count). The fourth-order valence-electron chi connectivity index (χ4n) is 1.03. The molecule has 0 atom stereocenters. The molecule has 0 spiro atoms. The van der Waals surface area contributed by atoms with Gasteiger partial charge < -0.3 is 20.7 Å². The van der Waals surface area contributed by atoms with Crippen molar-refractivity contribution < 1.29 is 9.53 Å². The van der Waals surface area contributed by atoms with Gasteiger partial charge in [-0.25, -0.2) is 4.79 Å². The van der Waals surface area contributed by atoms with Gasteiger partial charge in [0.05, 0.1) is 0 Å². The van der Waals surface area contributed by atoms with Gasteiger partial charge in [-0.05, 0) is 40.3 Å². The lowest BCUT2D eigenvalue weighted by molar-refractivity contribution is 0.0300. The second kappa shape index (κ2) is 7.46. The molecule has 0 unspecified atom stereocenters. The van der Waals surface area contributed by atoms with Crippen LogP contribution in [-0.2, 0) is 4.74 Å². The molecule has 0 aliphatic carbocycles. The summed E-state index contributed by atoms with van der Waals surface area (Å²) in [6.07, 6.45) is 0.670. The van der Waals surface area contributed by atoms with Crippen LogP contribution in [0.5, 0.6) is 0 Å². The van der Waals surface area contributed by atoms with Crippen LogP contribution < -0.4 is 11.1 Å². The first kappa shape index (κ1) is 15.2. The number of nitrogens with one attached hydrogen (secondary N) is 1. The van der Waals surface area contributed by atoms with Crippen molar-refractivity contribution in [1.29, 1.82) is 0 Å². The van der Waals surface area contributed by atoms with Crippen molar-refractivity contribution in [3.05, 3.63) is 0 Å². The van der Waals surface area contributed by atoms with Crippen LogP contribution in [0, 0.1) is 0 Å². The Morgan fingerprint density at radius 1 is 1.38 bits per heavy atom. The smallest absolute Gasteiger partial charge is 0.410 e. The third-order valence-corrected chi connectivity index (χ3v) is 1.89. The Morgan fingerprint density at radius 2 is 2.00 bits per heavy atom. The van der Waals surface area contributed by atoms with Gasteiger partial charge in [-0.2, -0.15) is 0 Å². The molecule has 0 fully saturated rings. The summed E-state index contributed by atoms with van der Waals surface area (Å²) in [6.45, 7) is 8.55. The molecular formula is C11H25N3O2. The molecule has 1 amide bonds. The van der Waals surface area contributed by atoms with Gasteiger partial charge in [-0.15, -0.1) is 0 Å². The van der Waals surface area contributed by atoms with E-state index in [9.17, 15) is 4.79 Å². The molecule has 16 heavy (non-hydrogen) atoms. The molecule has 0 saturated carbocycles. The number of carbonyl (C=O) groups is 1. The highest BCUT2D eigenvalue weighted by Gasteiger charge is 2.18. The molecule has 0 saturated heterocycles. The number of nitrogens with zero attached hydrogens (tertiary/aromatic N) is 1. The Hall–Kier alpha value is -0.810. The average molecular weight is 231 g/mol. The lowest BCUT2D eigenvalue weighted by Gasteiger charge is -2.24. The SMILES string of the molecule is CN(CCNCCCN)C(=O)OC(C)(C)C. The molecule has 5 heteroatoms. The summed E-state index contributed by atoms with van der Waals surface area (Å²) in [6, 6.07) is 0. The summed E-state index contributed by atoms with van der Waals surface area (Å²) in [4.78, 5) is 13.1. The van der Waals surface area contributed by atoms with E-state index >= 15 is 0 Å². The van der Waals surface area contributed by atoms with E-state index in [0.29, 0.717) is 13.1 Å². The fourth-order valence-corrected chi connectivity index (χ4v) is 1.03. The van der Waals surface area contributed by atoms with E-state index in [2.05, 4.69) is 5.32 Å². The highest BCUT2D eigenvalue weighted by molar-refractivity contribution is 5.67. The van der Waals surface area contributed by atoms with E-state index < -0.39 is 5.60 Å². The van der Waals surface area contributed by atoms with Crippen LogP contribution in [0.2, 0.25) is 0 Å². The lowest BCUT2D eigenvalue weighted by Crippen LogP contribution is -2.38. The number of rotatable bonds is 6. The molecule has 0 aromatic rings. The van der Waals surface area contributed by atoms with E-state index in [1.54, 1.807) is 11.9 Å². The molecule has 0 radical (unpaired) electrons. The minimum atomic E-state index is -0.432. The van der Waals surface area contributed by atoms with Gasteiger partial charge >= 0.3 is 6.09 Å². The maximum atomic E-state index is 11.5. The molecule has 5 nitrogen and oxygen atoms in total. The molecular weight excluding hydrogens is 206 g/mol. The zero-order valence-electron chi connectivity index (χ0n) is 10.9. The van der Waals surface area contributed by atoms with Gasteiger partial charge in [-0.3, -0.25) is 0 Å². The van der Waals surface area contributed by atoms with Crippen LogP contribution in [0.1, 0.15) is 27.2 Å². The molecule has 3 N–H and O–H groups in total. The quantitative estimate of drug-likeness (QED) is 0.663. The van der Waals surface area contributed by atoms with Crippen LogP contribution in [0.4, 0.5) is 4.79 Å². The van der Waals surface area contributed by atoms with Gasteiger partial charge in [0.2, 0.25) is 0 Å². The third kappa shape index (κ3) is 8.49. The zero-order chi connectivity index (χ0) is 12.6. The van der Waals surface area contributed by atoms with Crippen molar-refractivity contribution in [2.24, 2.45) is 5.73 Å². The number of amides is 1. The second-order valence-electron chi connectivity index (χ2n) is 4.79. The van der Waals surface area contributed by atoms with Crippen molar-refractivity contribution in [2.45, 2.75) is 32.8 Å². The highest BCUT2D eigenvalue weighted by atomic mass is 16.6. The normalized spacial score (nSPS) is 11.3. The molecule has 96 valence electrons. The largest absolute Gasteiger partial charge is 0.444 e. The Labute approximate surface area is 98.3 Å². The van der Waals surface area contributed by atoms with Gasteiger partial charge in [-0.1, -0.05) is 0 Å². The van der Waals surface area contributed by atoms with Crippen molar-refractivity contribution in [1.82, 2.24) is 10.2 Å². The summed E-state index contributed by atoms with van der Waals surface area (Å²) in [5, 5.41) is 3.21. The lowest BCUT2D eigenvalue weighted by atomic mass is 10.2. The first-order valence-corrected chi connectivity index (χ1v) is 5.71. The standard InChI is InChI=1S/C11H25N3O2/c1-11(2,3)16-10(15)14(4)9-8-13-7-5-6-12/h13H,5-9,12H2,1-4H3. The number of carbonyl (C=O) groups excluding carboxylic acids is 1. The zero-order valence-corrected chi connectivity index (χ0v) is 10.9. The summed E-state index contributed by atoms with van der Waals surface area (Å²) >= 11 is 0. The van der Waals surface area contributed by atoms with Crippen LogP contribution in [-0.4, -0.2) is 49.8 Å². The third-order valence-electron chi connectivity index (χ3n) is 1.89. The first-order chi connectivity index (χ1) is 7.37. The summed E-state index contributed by atoms with van der Waals surface area (Å²) < 4.78 is 5.22. The van der Waals surface area contributed by atoms with Gasteiger partial charge in [0, 0.05) is 20.1 Å². The van der Waals surface area contributed by atoms with E-state index in [0.717, 1.165) is 19.5 Å². The molecule has 0 aromatic heterocycles. The number of ether oxygens (including phenoxy) is 1. The Bertz CT molecular complexity index is 202. The minimum Gasteiger partial charge on any atom is -0.444 e. The Kier molecular flexibility index (Phi) is 7.08. The maximum absolute atomic E-state index is 11.5. The van der Waals surface area contributed by atoms with Crippen molar-refractivity contribution in [3.8, 4) is 0 Å². The van der Waals surface area contributed by atoms with Crippen LogP contribution >= 0.6 is 0 Å². The van der Waals surface area contributed by atoms with Crippen LogP contribution in [0.25, 0.3) is 0 Å². The minimum absolute atomic E-state index is 0.284. The maximum Gasteiger partial charge on any atom is 0.410 e. The molecule has 0 heterocycles. The molecule has 0 bridgehead atoms. The Balaban J connectivity index is 3.64. The van der Waals surface area contributed by atoms with E-state index in [1.807, 2.05) is 20.8 Å². The Morgan fingerprint density at radius 3 is 2.50 bits per heavy atom. The number of hydrogen-bond donors (Lipinski definition) is 2. The predicted octanol–water partition coefficient (Wildman–Crippen LogP) is 0.792. The number of likely N-dealkylation sites (N-methyl/N-ethyl adjacent to an activating group) is 1. The molecule has 0 aromatic carbocycles. The topological polar surface area (TPSA) is 67.6 Å². The molecule has 0 aliphatic heterocycles. The average Bonchev–Trinajstić information content (AvgIpc) is 2.14. The number of hydrogen-bond acceptors (Lipinski definition) is 4. The molecule has 0 aliphatic rings. The van der Waals surface area contributed by atoms with Crippen molar-refractivity contribution in [2.75, 3.05) is 33.2 Å². The first-order valence-electron chi connectivity index (χ1n) is 5.71. The van der Waals surface area contributed by atoms with Gasteiger partial charge in [0.1, 0.15) is 5.60 Å². The van der Waals surface area contributed by atoms with E-state index in [1.165, 1.54) is 0 Å². The van der Waals surface area contributed by atoms with Crippen molar-refractivity contribution >= 4 is 6.09 Å². The van der Waals surface area contributed by atoms with Gasteiger partial charge in [0.25, 0.3) is 0 Å². The van der Waals surface area contributed by atoms with Crippen molar-refractivity contribution in [3.63, 3.8) is 0 Å².